The number of carbonyl (C=O) groups is 1. The van der Waals surface area contributed by atoms with Crippen molar-refractivity contribution in [3.05, 3.63) is 24.2 Å². The number of carbonyl (C=O) groups excluding carboxylic acids is 1. The van der Waals surface area contributed by atoms with E-state index in [0.717, 1.165) is 5.76 Å². The highest BCUT2D eigenvalue weighted by Crippen LogP contribution is 2.04. The normalized spacial score (nSPS) is 11.5. The second-order valence-electron chi connectivity index (χ2n) is 3.42. The van der Waals surface area contributed by atoms with E-state index in [-0.39, 0.29) is 5.91 Å². The molecule has 0 aliphatic heterocycles. The van der Waals surface area contributed by atoms with Crippen LogP contribution < -0.4 is 11.1 Å². The van der Waals surface area contributed by atoms with Gasteiger partial charge in [0, 0.05) is 0 Å². The SMILES string of the molecule is CC(C)(NCc1ccco1)C(N)=O. The van der Waals surface area contributed by atoms with Crippen molar-refractivity contribution in [3.63, 3.8) is 0 Å². The van der Waals surface area contributed by atoms with Gasteiger partial charge in [0.05, 0.1) is 18.3 Å². The number of rotatable bonds is 4. The molecule has 0 aliphatic carbocycles. The van der Waals surface area contributed by atoms with Crippen LogP contribution in [0.15, 0.2) is 22.8 Å². The second-order valence-corrected chi connectivity index (χ2v) is 3.42. The summed E-state index contributed by atoms with van der Waals surface area (Å²) < 4.78 is 5.09. The Balaban J connectivity index is 2.47. The van der Waals surface area contributed by atoms with E-state index >= 15 is 0 Å². The van der Waals surface area contributed by atoms with Gasteiger partial charge in [0.1, 0.15) is 5.76 Å². The van der Waals surface area contributed by atoms with Crippen molar-refractivity contribution < 1.29 is 9.21 Å². The minimum absolute atomic E-state index is 0.376. The molecule has 0 unspecified atom stereocenters. The highest BCUT2D eigenvalue weighted by Gasteiger charge is 2.23. The molecule has 1 aromatic rings. The Morgan fingerprint density at radius 1 is 1.69 bits per heavy atom. The Morgan fingerprint density at radius 3 is 2.85 bits per heavy atom. The molecular weight excluding hydrogens is 168 g/mol. The molecule has 13 heavy (non-hydrogen) atoms. The van der Waals surface area contributed by atoms with Crippen LogP contribution in [0.4, 0.5) is 0 Å². The number of furan rings is 1. The maximum absolute atomic E-state index is 10.9. The van der Waals surface area contributed by atoms with Gasteiger partial charge in [0.2, 0.25) is 5.91 Å². The zero-order chi connectivity index (χ0) is 9.90. The van der Waals surface area contributed by atoms with Crippen LogP contribution in [0.1, 0.15) is 19.6 Å². The zero-order valence-corrected chi connectivity index (χ0v) is 7.83. The van der Waals surface area contributed by atoms with Gasteiger partial charge in [-0.1, -0.05) is 0 Å². The van der Waals surface area contributed by atoms with Crippen molar-refractivity contribution in [1.29, 1.82) is 0 Å². The minimum Gasteiger partial charge on any atom is -0.468 e. The summed E-state index contributed by atoms with van der Waals surface area (Å²) in [6.45, 7) is 3.97. The molecule has 0 atom stereocenters. The molecule has 1 rings (SSSR count). The molecule has 4 nitrogen and oxygen atoms in total. The Labute approximate surface area is 77.1 Å². The Kier molecular flexibility index (Phi) is 2.72. The monoisotopic (exact) mass is 182 g/mol. The van der Waals surface area contributed by atoms with Crippen molar-refractivity contribution in [2.45, 2.75) is 25.9 Å². The van der Waals surface area contributed by atoms with E-state index in [0.29, 0.717) is 6.54 Å². The van der Waals surface area contributed by atoms with E-state index in [2.05, 4.69) is 5.32 Å². The first-order chi connectivity index (χ1) is 6.02. The first-order valence-electron chi connectivity index (χ1n) is 4.10. The van der Waals surface area contributed by atoms with Crippen molar-refractivity contribution in [2.24, 2.45) is 5.73 Å². The molecule has 1 aromatic heterocycles. The molecule has 4 heteroatoms. The van der Waals surface area contributed by atoms with Gasteiger partial charge in [-0.3, -0.25) is 10.1 Å². The Morgan fingerprint density at radius 2 is 2.38 bits per heavy atom. The van der Waals surface area contributed by atoms with Crippen molar-refractivity contribution in [2.75, 3.05) is 0 Å². The largest absolute Gasteiger partial charge is 0.468 e. The van der Waals surface area contributed by atoms with Gasteiger partial charge in [0.15, 0.2) is 0 Å². The van der Waals surface area contributed by atoms with Crippen LogP contribution in [0.25, 0.3) is 0 Å². The van der Waals surface area contributed by atoms with Crippen LogP contribution in [0.2, 0.25) is 0 Å². The van der Waals surface area contributed by atoms with E-state index in [4.69, 9.17) is 10.2 Å². The summed E-state index contributed by atoms with van der Waals surface area (Å²) in [4.78, 5) is 10.9. The van der Waals surface area contributed by atoms with Crippen LogP contribution in [-0.2, 0) is 11.3 Å². The maximum atomic E-state index is 10.9. The van der Waals surface area contributed by atoms with E-state index in [9.17, 15) is 4.79 Å². The zero-order valence-electron chi connectivity index (χ0n) is 7.83. The topological polar surface area (TPSA) is 68.3 Å². The summed E-state index contributed by atoms with van der Waals surface area (Å²) in [5.74, 6) is 0.411. The number of amides is 1. The molecule has 1 amide bonds. The number of nitrogens with one attached hydrogen (secondary N) is 1. The summed E-state index contributed by atoms with van der Waals surface area (Å²) in [6, 6.07) is 3.64. The summed E-state index contributed by atoms with van der Waals surface area (Å²) in [5.41, 5.74) is 4.48. The van der Waals surface area contributed by atoms with Crippen LogP contribution >= 0.6 is 0 Å². The third-order valence-electron chi connectivity index (χ3n) is 1.90. The molecule has 0 fully saturated rings. The molecule has 1 heterocycles. The van der Waals surface area contributed by atoms with E-state index < -0.39 is 5.54 Å². The predicted molar refractivity (Wildman–Crippen MR) is 48.8 cm³/mol. The smallest absolute Gasteiger partial charge is 0.237 e. The van der Waals surface area contributed by atoms with Crippen LogP contribution in [0.5, 0.6) is 0 Å². The van der Waals surface area contributed by atoms with Crippen molar-refractivity contribution in [1.82, 2.24) is 5.32 Å². The quantitative estimate of drug-likeness (QED) is 0.717. The molecule has 0 saturated heterocycles. The average molecular weight is 182 g/mol. The molecule has 0 radical (unpaired) electrons. The first-order valence-corrected chi connectivity index (χ1v) is 4.10. The highest BCUT2D eigenvalue weighted by molar-refractivity contribution is 5.83. The Bertz CT molecular complexity index is 278. The second kappa shape index (κ2) is 3.62. The van der Waals surface area contributed by atoms with Gasteiger partial charge in [0.25, 0.3) is 0 Å². The average Bonchev–Trinajstić information content (AvgIpc) is 2.52. The van der Waals surface area contributed by atoms with E-state index in [1.165, 1.54) is 0 Å². The standard InChI is InChI=1S/C9H14N2O2/c1-9(2,8(10)12)11-6-7-4-3-5-13-7/h3-5,11H,6H2,1-2H3,(H2,10,12). The van der Waals surface area contributed by atoms with Gasteiger partial charge in [-0.05, 0) is 26.0 Å². The van der Waals surface area contributed by atoms with Gasteiger partial charge in [-0.15, -0.1) is 0 Å². The summed E-state index contributed by atoms with van der Waals surface area (Å²) in [5, 5.41) is 2.99. The molecular formula is C9H14N2O2. The van der Waals surface area contributed by atoms with Gasteiger partial charge in [-0.25, -0.2) is 0 Å². The lowest BCUT2D eigenvalue weighted by molar-refractivity contribution is -0.123. The summed E-state index contributed by atoms with van der Waals surface area (Å²) in [6.07, 6.45) is 1.59. The maximum Gasteiger partial charge on any atom is 0.237 e. The minimum atomic E-state index is -0.702. The third kappa shape index (κ3) is 2.59. The summed E-state index contributed by atoms with van der Waals surface area (Å²) >= 11 is 0. The molecule has 0 saturated carbocycles. The molecule has 0 spiro atoms. The number of hydrogen-bond acceptors (Lipinski definition) is 3. The summed E-state index contributed by atoms with van der Waals surface area (Å²) in [7, 11) is 0. The van der Waals surface area contributed by atoms with Gasteiger partial charge < -0.3 is 10.2 Å². The van der Waals surface area contributed by atoms with Gasteiger partial charge in [-0.2, -0.15) is 0 Å². The lowest BCUT2D eigenvalue weighted by Crippen LogP contribution is -2.50. The van der Waals surface area contributed by atoms with Crippen LogP contribution in [-0.4, -0.2) is 11.4 Å². The third-order valence-corrected chi connectivity index (χ3v) is 1.90. The van der Waals surface area contributed by atoms with Crippen LogP contribution in [0, 0.1) is 0 Å². The highest BCUT2D eigenvalue weighted by atomic mass is 16.3. The molecule has 0 aliphatic rings. The lowest BCUT2D eigenvalue weighted by Gasteiger charge is -2.21. The van der Waals surface area contributed by atoms with Crippen LogP contribution in [0.3, 0.4) is 0 Å². The van der Waals surface area contributed by atoms with E-state index in [1.807, 2.05) is 6.07 Å². The Hall–Kier alpha value is -1.29. The molecule has 0 bridgehead atoms. The first kappa shape index (κ1) is 9.80. The fraction of sp³-hybridized carbons (Fsp3) is 0.444. The molecule has 3 N–H and O–H groups in total. The fourth-order valence-electron chi connectivity index (χ4n) is 0.808. The van der Waals surface area contributed by atoms with E-state index in [1.54, 1.807) is 26.2 Å². The van der Waals surface area contributed by atoms with Gasteiger partial charge >= 0.3 is 0 Å². The number of primary amides is 1. The lowest BCUT2D eigenvalue weighted by atomic mass is 10.1. The number of nitrogens with two attached hydrogens (primary N) is 1. The van der Waals surface area contributed by atoms with Crippen molar-refractivity contribution >= 4 is 5.91 Å². The molecule has 0 aromatic carbocycles. The molecule has 72 valence electrons. The fourth-order valence-corrected chi connectivity index (χ4v) is 0.808. The van der Waals surface area contributed by atoms with Crippen molar-refractivity contribution in [3.8, 4) is 0 Å². The predicted octanol–water partition coefficient (Wildman–Crippen LogP) is 0.633. The number of hydrogen-bond donors (Lipinski definition) is 2.